The standard InChI is InChI=1S/C13H15N3O6/c17-5-1-4-14-12(18)7-15-8-13(19)22-11-6-9(16(20)21)2-3-10(11)15/h2-3,6,17H,1,4-5,7-8H2,(H,14,18). The Hall–Kier alpha value is -2.68. The van der Waals surface area contributed by atoms with Crippen LogP contribution in [0.1, 0.15) is 6.42 Å². The first kappa shape index (κ1) is 15.7. The molecule has 9 nitrogen and oxygen atoms in total. The van der Waals surface area contributed by atoms with Crippen LogP contribution in [0.4, 0.5) is 11.4 Å². The van der Waals surface area contributed by atoms with Gasteiger partial charge in [0.1, 0.15) is 6.54 Å². The quantitative estimate of drug-likeness (QED) is 0.246. The zero-order valence-electron chi connectivity index (χ0n) is 11.7. The van der Waals surface area contributed by atoms with Crippen molar-refractivity contribution in [3.8, 4) is 5.75 Å². The van der Waals surface area contributed by atoms with Gasteiger partial charge in [0.15, 0.2) is 5.75 Å². The van der Waals surface area contributed by atoms with Gasteiger partial charge in [0.05, 0.1) is 23.2 Å². The van der Waals surface area contributed by atoms with Gasteiger partial charge >= 0.3 is 5.97 Å². The third kappa shape index (κ3) is 3.70. The van der Waals surface area contributed by atoms with Crippen molar-refractivity contribution in [1.82, 2.24) is 5.32 Å². The normalized spacial score (nSPS) is 13.3. The molecule has 9 heteroatoms. The average Bonchev–Trinajstić information content (AvgIpc) is 2.46. The smallest absolute Gasteiger partial charge is 0.331 e. The van der Waals surface area contributed by atoms with E-state index in [1.54, 1.807) is 0 Å². The van der Waals surface area contributed by atoms with Crippen LogP contribution in [0.15, 0.2) is 18.2 Å². The van der Waals surface area contributed by atoms with Gasteiger partial charge in [-0.1, -0.05) is 0 Å². The topological polar surface area (TPSA) is 122 Å². The lowest BCUT2D eigenvalue weighted by molar-refractivity contribution is -0.384. The summed E-state index contributed by atoms with van der Waals surface area (Å²) in [5.41, 5.74) is 0.253. The number of nitro groups is 1. The maximum atomic E-state index is 11.8. The highest BCUT2D eigenvalue weighted by Crippen LogP contribution is 2.34. The van der Waals surface area contributed by atoms with Crippen LogP contribution in [-0.4, -0.2) is 48.1 Å². The summed E-state index contributed by atoms with van der Waals surface area (Å²) in [4.78, 5) is 35.0. The molecule has 0 atom stereocenters. The van der Waals surface area contributed by atoms with Gasteiger partial charge in [-0.05, 0) is 12.5 Å². The summed E-state index contributed by atoms with van der Waals surface area (Å²) in [6.07, 6.45) is 0.441. The van der Waals surface area contributed by atoms with Gasteiger partial charge in [-0.15, -0.1) is 0 Å². The number of benzene rings is 1. The SMILES string of the molecule is O=C(CN1CC(=O)Oc2cc([N+](=O)[O-])ccc21)NCCCO. The third-order valence-electron chi connectivity index (χ3n) is 3.03. The molecule has 1 aliphatic heterocycles. The van der Waals surface area contributed by atoms with Crippen LogP contribution < -0.4 is 15.0 Å². The van der Waals surface area contributed by atoms with E-state index in [2.05, 4.69) is 5.32 Å². The van der Waals surface area contributed by atoms with Crippen molar-refractivity contribution in [2.75, 3.05) is 31.1 Å². The fourth-order valence-corrected chi connectivity index (χ4v) is 2.03. The molecule has 1 aromatic rings. The molecular weight excluding hydrogens is 294 g/mol. The molecule has 0 saturated heterocycles. The molecule has 0 spiro atoms. The van der Waals surface area contributed by atoms with E-state index in [1.807, 2.05) is 0 Å². The highest BCUT2D eigenvalue weighted by atomic mass is 16.6. The van der Waals surface area contributed by atoms with Crippen molar-refractivity contribution in [3.63, 3.8) is 0 Å². The van der Waals surface area contributed by atoms with Crippen molar-refractivity contribution in [1.29, 1.82) is 0 Å². The van der Waals surface area contributed by atoms with E-state index < -0.39 is 10.9 Å². The number of ether oxygens (including phenoxy) is 1. The van der Waals surface area contributed by atoms with Gasteiger partial charge in [0, 0.05) is 19.2 Å². The molecule has 0 aromatic heterocycles. The lowest BCUT2D eigenvalue weighted by Crippen LogP contribution is -2.43. The third-order valence-corrected chi connectivity index (χ3v) is 3.03. The van der Waals surface area contributed by atoms with E-state index in [1.165, 1.54) is 17.0 Å². The number of aliphatic hydroxyl groups excluding tert-OH is 1. The second-order valence-corrected chi connectivity index (χ2v) is 4.67. The molecule has 0 saturated carbocycles. The number of amides is 1. The Labute approximate surface area is 125 Å². The van der Waals surface area contributed by atoms with E-state index in [9.17, 15) is 19.7 Å². The summed E-state index contributed by atoms with van der Waals surface area (Å²) in [6, 6.07) is 3.89. The fraction of sp³-hybridized carbons (Fsp3) is 0.385. The Morgan fingerprint density at radius 3 is 2.95 bits per heavy atom. The molecule has 118 valence electrons. The first-order valence-electron chi connectivity index (χ1n) is 6.63. The first-order chi connectivity index (χ1) is 10.5. The van der Waals surface area contributed by atoms with Crippen molar-refractivity contribution >= 4 is 23.3 Å². The number of carbonyl (C=O) groups excluding carboxylic acids is 2. The van der Waals surface area contributed by atoms with E-state index in [-0.39, 0.29) is 37.0 Å². The highest BCUT2D eigenvalue weighted by molar-refractivity contribution is 5.89. The Bertz CT molecular complexity index is 603. The molecule has 0 radical (unpaired) electrons. The molecule has 1 aliphatic rings. The molecule has 0 unspecified atom stereocenters. The second kappa shape index (κ2) is 6.85. The summed E-state index contributed by atoms with van der Waals surface area (Å²) < 4.78 is 4.98. The Morgan fingerprint density at radius 1 is 1.50 bits per heavy atom. The Balaban J connectivity index is 2.12. The van der Waals surface area contributed by atoms with Crippen molar-refractivity contribution in [2.24, 2.45) is 0 Å². The molecule has 1 amide bonds. The second-order valence-electron chi connectivity index (χ2n) is 4.67. The van der Waals surface area contributed by atoms with Crippen LogP contribution in [0.5, 0.6) is 5.75 Å². The summed E-state index contributed by atoms with van der Waals surface area (Å²) in [5, 5.41) is 22.0. The van der Waals surface area contributed by atoms with Crippen LogP contribution in [0.25, 0.3) is 0 Å². The Kier molecular flexibility index (Phi) is 4.89. The minimum absolute atomic E-state index is 0.0250. The Morgan fingerprint density at radius 2 is 2.27 bits per heavy atom. The van der Waals surface area contributed by atoms with Crippen LogP contribution >= 0.6 is 0 Å². The molecule has 0 bridgehead atoms. The van der Waals surface area contributed by atoms with Gasteiger partial charge in [-0.25, -0.2) is 4.79 Å². The van der Waals surface area contributed by atoms with Crippen molar-refractivity contribution in [3.05, 3.63) is 28.3 Å². The number of aliphatic hydroxyl groups is 1. The number of nitrogens with zero attached hydrogens (tertiary/aromatic N) is 2. The first-order valence-corrected chi connectivity index (χ1v) is 6.63. The number of rotatable bonds is 6. The summed E-state index contributed by atoms with van der Waals surface area (Å²) in [5.74, 6) is -0.836. The number of non-ortho nitro benzene ring substituents is 1. The number of hydrogen-bond acceptors (Lipinski definition) is 7. The monoisotopic (exact) mass is 309 g/mol. The van der Waals surface area contributed by atoms with Gasteiger partial charge in [-0.2, -0.15) is 0 Å². The average molecular weight is 309 g/mol. The van der Waals surface area contributed by atoms with E-state index in [4.69, 9.17) is 9.84 Å². The van der Waals surface area contributed by atoms with Gasteiger partial charge in [0.25, 0.3) is 5.69 Å². The van der Waals surface area contributed by atoms with E-state index in [0.717, 1.165) is 6.07 Å². The summed E-state index contributed by atoms with van der Waals surface area (Å²) >= 11 is 0. The van der Waals surface area contributed by atoms with Crippen molar-refractivity contribution < 1.29 is 24.4 Å². The zero-order chi connectivity index (χ0) is 16.1. The molecule has 1 heterocycles. The number of nitro benzene ring substituents is 1. The lowest BCUT2D eigenvalue weighted by Gasteiger charge is -2.28. The molecule has 2 N–H and O–H groups in total. The number of esters is 1. The van der Waals surface area contributed by atoms with Crippen molar-refractivity contribution in [2.45, 2.75) is 6.42 Å². The molecule has 2 rings (SSSR count). The largest absolute Gasteiger partial charge is 0.423 e. The maximum Gasteiger partial charge on any atom is 0.331 e. The number of anilines is 1. The molecule has 1 aromatic carbocycles. The predicted molar refractivity (Wildman–Crippen MR) is 75.7 cm³/mol. The lowest BCUT2D eigenvalue weighted by atomic mass is 10.2. The van der Waals surface area contributed by atoms with Gasteiger partial charge in [-0.3, -0.25) is 14.9 Å². The minimum Gasteiger partial charge on any atom is -0.423 e. The number of fused-ring (bicyclic) bond motifs is 1. The molecular formula is C13H15N3O6. The zero-order valence-corrected chi connectivity index (χ0v) is 11.7. The van der Waals surface area contributed by atoms with Crippen LogP contribution in [0, 0.1) is 10.1 Å². The predicted octanol–water partition coefficient (Wildman–Crippen LogP) is -0.181. The summed E-state index contributed by atoms with van der Waals surface area (Å²) in [6.45, 7) is 0.118. The van der Waals surface area contributed by atoms with Crippen LogP contribution in [-0.2, 0) is 9.59 Å². The molecule has 22 heavy (non-hydrogen) atoms. The summed E-state index contributed by atoms with van der Waals surface area (Å²) in [7, 11) is 0. The minimum atomic E-state index is -0.589. The van der Waals surface area contributed by atoms with Crippen LogP contribution in [0.2, 0.25) is 0 Å². The number of hydrogen-bond donors (Lipinski definition) is 2. The maximum absolute atomic E-state index is 11.8. The number of carbonyl (C=O) groups is 2. The fourth-order valence-electron chi connectivity index (χ4n) is 2.03. The van der Waals surface area contributed by atoms with Gasteiger partial charge in [0.2, 0.25) is 5.91 Å². The molecule has 0 aliphatic carbocycles. The number of nitrogens with one attached hydrogen (secondary N) is 1. The van der Waals surface area contributed by atoms with E-state index in [0.29, 0.717) is 18.7 Å². The highest BCUT2D eigenvalue weighted by Gasteiger charge is 2.27. The van der Waals surface area contributed by atoms with Crippen LogP contribution in [0.3, 0.4) is 0 Å². The molecule has 0 fully saturated rings. The van der Waals surface area contributed by atoms with E-state index >= 15 is 0 Å². The van der Waals surface area contributed by atoms with Gasteiger partial charge < -0.3 is 20.1 Å².